The van der Waals surface area contributed by atoms with Crippen LogP contribution in [0.2, 0.25) is 0 Å². The number of nitrogens with two attached hydrogens (primary N) is 2. The lowest BCUT2D eigenvalue weighted by molar-refractivity contribution is -0.135. The first-order valence-electron chi connectivity index (χ1n) is 14.4. The molecular formula is C32H41N7O3. The Morgan fingerprint density at radius 3 is 2.48 bits per heavy atom. The Kier molecular flexibility index (Phi) is 10.5. The Hall–Kier alpha value is -4.44. The molecule has 1 fully saturated rings. The van der Waals surface area contributed by atoms with E-state index < -0.39 is 12.0 Å². The van der Waals surface area contributed by atoms with Gasteiger partial charge in [0, 0.05) is 51.9 Å². The summed E-state index contributed by atoms with van der Waals surface area (Å²) in [7, 11) is 3.45. The fourth-order valence-corrected chi connectivity index (χ4v) is 5.33. The van der Waals surface area contributed by atoms with Gasteiger partial charge in [-0.1, -0.05) is 60.7 Å². The first kappa shape index (κ1) is 30.5. The molecule has 1 aliphatic rings. The van der Waals surface area contributed by atoms with Gasteiger partial charge < -0.3 is 31.9 Å². The lowest BCUT2D eigenvalue weighted by atomic mass is 9.96. The lowest BCUT2D eigenvalue weighted by Crippen LogP contribution is -2.49. The number of likely N-dealkylation sites (N-methyl/N-ethyl adjacent to an activating group) is 1. The standard InChI is InChI=1S/C32H41N7O3/c1-38(2)30(41)27(23-10-4-3-5-11-23)21-39-18-16-26(37-28(31(39)42)13-8-17-35-32(33)34)20-36-29(40)25-15-14-22-9-6-7-12-24(22)19-25/h3-7,9-12,14-15,19,26-28,37H,8,13,16-18,20-21H2,1-2H3,(H,36,40)(H4,33,34,35)/t26-,27?,28-/m1/s1. The molecule has 4 rings (SSSR count). The van der Waals surface area contributed by atoms with Crippen LogP contribution in [0.25, 0.3) is 10.8 Å². The zero-order valence-corrected chi connectivity index (χ0v) is 24.3. The van der Waals surface area contributed by atoms with Gasteiger partial charge in [-0.05, 0) is 47.7 Å². The molecular weight excluding hydrogens is 530 g/mol. The van der Waals surface area contributed by atoms with E-state index in [1.54, 1.807) is 23.9 Å². The second-order valence-electron chi connectivity index (χ2n) is 10.9. The first-order chi connectivity index (χ1) is 20.2. The molecule has 0 saturated carbocycles. The molecule has 1 heterocycles. The summed E-state index contributed by atoms with van der Waals surface area (Å²) in [6.07, 6.45) is 1.73. The average Bonchev–Trinajstić information content (AvgIpc) is 3.14. The van der Waals surface area contributed by atoms with Crippen LogP contribution in [0.1, 0.15) is 41.1 Å². The fourth-order valence-electron chi connectivity index (χ4n) is 5.33. The van der Waals surface area contributed by atoms with Crippen molar-refractivity contribution >= 4 is 34.5 Å². The van der Waals surface area contributed by atoms with Gasteiger partial charge in [0.2, 0.25) is 11.8 Å². The molecule has 1 unspecified atom stereocenters. The van der Waals surface area contributed by atoms with E-state index >= 15 is 0 Å². The minimum Gasteiger partial charge on any atom is -0.370 e. The number of nitrogens with zero attached hydrogens (tertiary/aromatic N) is 3. The van der Waals surface area contributed by atoms with E-state index in [4.69, 9.17) is 11.5 Å². The SMILES string of the molecule is CN(C)C(=O)C(CN1CC[C@H](CNC(=O)c2ccc3ccccc3c2)N[C@H](CCCN=C(N)N)C1=O)c1ccccc1. The molecule has 6 N–H and O–H groups in total. The molecule has 3 aromatic rings. The topological polar surface area (TPSA) is 146 Å². The van der Waals surface area contributed by atoms with E-state index in [9.17, 15) is 14.4 Å². The summed E-state index contributed by atoms with van der Waals surface area (Å²) in [5, 5.41) is 8.59. The molecule has 1 saturated heterocycles. The van der Waals surface area contributed by atoms with Crippen molar-refractivity contribution in [3.05, 3.63) is 83.9 Å². The molecule has 0 spiro atoms. The maximum absolute atomic E-state index is 13.8. The lowest BCUT2D eigenvalue weighted by Gasteiger charge is -2.29. The van der Waals surface area contributed by atoms with Crippen LogP contribution < -0.4 is 22.1 Å². The normalized spacial score (nSPS) is 17.8. The Labute approximate surface area is 247 Å². The van der Waals surface area contributed by atoms with Gasteiger partial charge >= 0.3 is 0 Å². The summed E-state index contributed by atoms with van der Waals surface area (Å²) in [6, 6.07) is 22.5. The predicted octanol–water partition coefficient (Wildman–Crippen LogP) is 2.05. The van der Waals surface area contributed by atoms with Crippen molar-refractivity contribution < 1.29 is 14.4 Å². The molecule has 3 amide bonds. The molecule has 10 heteroatoms. The monoisotopic (exact) mass is 571 g/mol. The van der Waals surface area contributed by atoms with Crippen LogP contribution in [0.3, 0.4) is 0 Å². The van der Waals surface area contributed by atoms with Crippen LogP contribution in [-0.4, -0.2) is 85.8 Å². The highest BCUT2D eigenvalue weighted by Gasteiger charge is 2.34. The van der Waals surface area contributed by atoms with Gasteiger partial charge in [-0.3, -0.25) is 19.4 Å². The molecule has 10 nitrogen and oxygen atoms in total. The number of carbonyl (C=O) groups is 3. The van der Waals surface area contributed by atoms with E-state index in [2.05, 4.69) is 15.6 Å². The number of fused-ring (bicyclic) bond motifs is 1. The van der Waals surface area contributed by atoms with Crippen LogP contribution in [0, 0.1) is 0 Å². The number of guanidine groups is 1. The highest BCUT2D eigenvalue weighted by atomic mass is 16.2. The quantitative estimate of drug-likeness (QED) is 0.157. The number of amides is 3. The number of hydrogen-bond donors (Lipinski definition) is 4. The number of benzene rings is 3. The van der Waals surface area contributed by atoms with Crippen LogP contribution in [0.5, 0.6) is 0 Å². The Morgan fingerprint density at radius 2 is 1.76 bits per heavy atom. The molecule has 222 valence electrons. The second kappa shape index (κ2) is 14.5. The van der Waals surface area contributed by atoms with Gasteiger partial charge in [0.05, 0.1) is 12.0 Å². The highest BCUT2D eigenvalue weighted by molar-refractivity contribution is 5.98. The Balaban J connectivity index is 1.48. The van der Waals surface area contributed by atoms with Crippen LogP contribution in [-0.2, 0) is 9.59 Å². The van der Waals surface area contributed by atoms with E-state index in [1.165, 1.54) is 0 Å². The van der Waals surface area contributed by atoms with E-state index in [0.717, 1.165) is 16.3 Å². The van der Waals surface area contributed by atoms with Crippen molar-refractivity contribution in [1.82, 2.24) is 20.4 Å². The van der Waals surface area contributed by atoms with Gasteiger partial charge in [0.15, 0.2) is 5.96 Å². The van der Waals surface area contributed by atoms with E-state index in [1.807, 2.05) is 72.8 Å². The van der Waals surface area contributed by atoms with E-state index in [-0.39, 0.29) is 36.3 Å². The molecule has 0 bridgehead atoms. The first-order valence-corrected chi connectivity index (χ1v) is 14.4. The van der Waals surface area contributed by atoms with Crippen molar-refractivity contribution in [2.75, 3.05) is 40.3 Å². The third-order valence-electron chi connectivity index (χ3n) is 7.60. The van der Waals surface area contributed by atoms with Crippen LogP contribution in [0.15, 0.2) is 77.8 Å². The van der Waals surface area contributed by atoms with Gasteiger partial charge in [0.25, 0.3) is 5.91 Å². The van der Waals surface area contributed by atoms with E-state index in [0.29, 0.717) is 44.5 Å². The molecule has 3 aromatic carbocycles. The summed E-state index contributed by atoms with van der Waals surface area (Å²) < 4.78 is 0. The fraction of sp³-hybridized carbons (Fsp3) is 0.375. The number of aliphatic imine (C=N–C) groups is 1. The maximum Gasteiger partial charge on any atom is 0.251 e. The third kappa shape index (κ3) is 8.07. The molecule has 0 radical (unpaired) electrons. The zero-order valence-electron chi connectivity index (χ0n) is 24.3. The largest absolute Gasteiger partial charge is 0.370 e. The average molecular weight is 572 g/mol. The zero-order chi connectivity index (χ0) is 30.1. The third-order valence-corrected chi connectivity index (χ3v) is 7.60. The minimum atomic E-state index is -0.504. The predicted molar refractivity (Wildman–Crippen MR) is 166 cm³/mol. The molecule has 0 aliphatic carbocycles. The summed E-state index contributed by atoms with van der Waals surface area (Å²) in [6.45, 7) is 1.48. The van der Waals surface area contributed by atoms with Gasteiger partial charge in [0.1, 0.15) is 0 Å². The van der Waals surface area contributed by atoms with Crippen LogP contribution in [0.4, 0.5) is 0 Å². The van der Waals surface area contributed by atoms with Crippen molar-refractivity contribution in [2.24, 2.45) is 16.5 Å². The molecule has 1 aliphatic heterocycles. The summed E-state index contributed by atoms with van der Waals surface area (Å²) >= 11 is 0. The van der Waals surface area contributed by atoms with Gasteiger partial charge in [-0.2, -0.15) is 0 Å². The van der Waals surface area contributed by atoms with Crippen LogP contribution >= 0.6 is 0 Å². The number of nitrogens with one attached hydrogen (secondary N) is 2. The summed E-state index contributed by atoms with van der Waals surface area (Å²) in [5.41, 5.74) is 12.4. The minimum absolute atomic E-state index is 0.0129. The maximum atomic E-state index is 13.8. The Bertz CT molecular complexity index is 1410. The summed E-state index contributed by atoms with van der Waals surface area (Å²) in [4.78, 5) is 47.5. The smallest absolute Gasteiger partial charge is 0.251 e. The van der Waals surface area contributed by atoms with Crippen molar-refractivity contribution in [3.8, 4) is 0 Å². The molecule has 3 atom stereocenters. The Morgan fingerprint density at radius 1 is 1.05 bits per heavy atom. The molecule has 0 aromatic heterocycles. The highest BCUT2D eigenvalue weighted by Crippen LogP contribution is 2.22. The second-order valence-corrected chi connectivity index (χ2v) is 10.9. The number of carbonyl (C=O) groups excluding carboxylic acids is 3. The van der Waals surface area contributed by atoms with Crippen molar-refractivity contribution in [1.29, 1.82) is 0 Å². The number of hydrogen-bond acceptors (Lipinski definition) is 5. The van der Waals surface area contributed by atoms with Gasteiger partial charge in [-0.25, -0.2) is 0 Å². The summed E-state index contributed by atoms with van der Waals surface area (Å²) in [5.74, 6) is -0.777. The molecule has 42 heavy (non-hydrogen) atoms. The van der Waals surface area contributed by atoms with Gasteiger partial charge in [-0.15, -0.1) is 0 Å². The number of rotatable bonds is 11. The van der Waals surface area contributed by atoms with Crippen molar-refractivity contribution in [2.45, 2.75) is 37.3 Å². The van der Waals surface area contributed by atoms with Crippen molar-refractivity contribution in [3.63, 3.8) is 0 Å².